The van der Waals surface area contributed by atoms with E-state index in [1.54, 1.807) is 48.6 Å². The molecule has 0 aliphatic carbocycles. The van der Waals surface area contributed by atoms with Crippen LogP contribution in [0.2, 0.25) is 5.02 Å². The summed E-state index contributed by atoms with van der Waals surface area (Å²) in [5.74, 6) is 0.770. The van der Waals surface area contributed by atoms with Crippen molar-refractivity contribution in [2.75, 3.05) is 40.5 Å². The molecule has 0 heterocycles. The van der Waals surface area contributed by atoms with Crippen LogP contribution in [0.15, 0.2) is 78.9 Å². The molecule has 0 spiro atoms. The number of para-hydroxylation sites is 1. The Kier molecular flexibility index (Phi) is 10.8. The van der Waals surface area contributed by atoms with Gasteiger partial charge in [0.05, 0.1) is 32.4 Å². The van der Waals surface area contributed by atoms with Gasteiger partial charge in [-0.1, -0.05) is 60.1 Å². The first kappa shape index (κ1) is 27.2. The SMILES string of the molecule is COCCN(CC(O)COc1ccc(/C=C(/C(=O)OC)c2ccccc2Cl)cc1)Oc1ccccc1. The lowest BCUT2D eigenvalue weighted by atomic mass is 10.0. The van der Waals surface area contributed by atoms with Gasteiger partial charge < -0.3 is 24.2 Å². The molecule has 3 rings (SSSR count). The average Bonchev–Trinajstić information content (AvgIpc) is 2.90. The van der Waals surface area contributed by atoms with Crippen LogP contribution in [0.5, 0.6) is 11.5 Å². The van der Waals surface area contributed by atoms with Crippen LogP contribution in [0, 0.1) is 0 Å². The average molecular weight is 512 g/mol. The van der Waals surface area contributed by atoms with Crippen molar-refractivity contribution in [3.8, 4) is 11.5 Å². The van der Waals surface area contributed by atoms with Gasteiger partial charge in [0.15, 0.2) is 0 Å². The molecule has 0 saturated heterocycles. The van der Waals surface area contributed by atoms with Crippen molar-refractivity contribution in [3.63, 3.8) is 0 Å². The molecular formula is C28H30ClNO6. The van der Waals surface area contributed by atoms with Crippen LogP contribution in [0.1, 0.15) is 11.1 Å². The number of hydrogen-bond acceptors (Lipinski definition) is 7. The van der Waals surface area contributed by atoms with Crippen molar-refractivity contribution in [1.29, 1.82) is 0 Å². The third-order valence-electron chi connectivity index (χ3n) is 5.14. The van der Waals surface area contributed by atoms with Gasteiger partial charge in [-0.15, -0.1) is 5.06 Å². The van der Waals surface area contributed by atoms with E-state index in [-0.39, 0.29) is 13.2 Å². The van der Waals surface area contributed by atoms with Crippen LogP contribution in [0.25, 0.3) is 11.6 Å². The maximum absolute atomic E-state index is 12.4. The normalized spacial score (nSPS) is 12.3. The summed E-state index contributed by atoms with van der Waals surface area (Å²) in [5, 5.41) is 12.6. The van der Waals surface area contributed by atoms with E-state index in [0.717, 1.165) is 5.56 Å². The Bertz CT molecular complexity index is 1120. The minimum atomic E-state index is -0.795. The molecule has 8 heteroatoms. The summed E-state index contributed by atoms with van der Waals surface area (Å²) in [4.78, 5) is 18.2. The molecule has 0 aliphatic heterocycles. The van der Waals surface area contributed by atoms with Crippen molar-refractivity contribution in [2.45, 2.75) is 6.10 Å². The molecule has 0 bridgehead atoms. The van der Waals surface area contributed by atoms with Gasteiger partial charge in [0.25, 0.3) is 0 Å². The first-order valence-electron chi connectivity index (χ1n) is 11.4. The number of aliphatic hydroxyl groups excluding tert-OH is 1. The Morgan fingerprint density at radius 2 is 1.67 bits per heavy atom. The molecule has 0 radical (unpaired) electrons. The van der Waals surface area contributed by atoms with E-state index in [4.69, 9.17) is 30.6 Å². The molecule has 0 aromatic heterocycles. The summed E-state index contributed by atoms with van der Waals surface area (Å²) < 4.78 is 15.8. The van der Waals surface area contributed by atoms with Crippen molar-refractivity contribution in [2.24, 2.45) is 0 Å². The number of aliphatic hydroxyl groups is 1. The highest BCUT2D eigenvalue weighted by Crippen LogP contribution is 2.27. The van der Waals surface area contributed by atoms with Gasteiger partial charge in [0.2, 0.25) is 0 Å². The molecule has 1 unspecified atom stereocenters. The minimum absolute atomic E-state index is 0.0733. The lowest BCUT2D eigenvalue weighted by molar-refractivity contribution is -0.133. The van der Waals surface area contributed by atoms with E-state index in [9.17, 15) is 9.90 Å². The highest BCUT2D eigenvalue weighted by Gasteiger charge is 2.16. The van der Waals surface area contributed by atoms with Crippen LogP contribution in [-0.2, 0) is 14.3 Å². The predicted octanol–water partition coefficient (Wildman–Crippen LogP) is 4.74. The highest BCUT2D eigenvalue weighted by molar-refractivity contribution is 6.35. The number of methoxy groups -OCH3 is 2. The van der Waals surface area contributed by atoms with E-state index in [0.29, 0.717) is 40.8 Å². The number of nitrogens with zero attached hydrogens (tertiary/aromatic N) is 1. The van der Waals surface area contributed by atoms with Gasteiger partial charge in [0.1, 0.15) is 24.2 Å². The maximum Gasteiger partial charge on any atom is 0.338 e. The van der Waals surface area contributed by atoms with Gasteiger partial charge in [-0.05, 0) is 42.0 Å². The number of carbonyl (C=O) groups is 1. The zero-order chi connectivity index (χ0) is 25.8. The quantitative estimate of drug-likeness (QED) is 0.154. The summed E-state index contributed by atoms with van der Waals surface area (Å²) >= 11 is 6.28. The number of benzene rings is 3. The van der Waals surface area contributed by atoms with E-state index in [1.807, 2.05) is 48.5 Å². The predicted molar refractivity (Wildman–Crippen MR) is 140 cm³/mol. The van der Waals surface area contributed by atoms with E-state index in [1.165, 1.54) is 7.11 Å². The van der Waals surface area contributed by atoms with Gasteiger partial charge in [-0.3, -0.25) is 0 Å². The van der Waals surface area contributed by atoms with Gasteiger partial charge >= 0.3 is 5.97 Å². The Morgan fingerprint density at radius 1 is 0.972 bits per heavy atom. The fourth-order valence-corrected chi connectivity index (χ4v) is 3.58. The summed E-state index contributed by atoms with van der Waals surface area (Å²) in [7, 11) is 2.94. The first-order valence-corrected chi connectivity index (χ1v) is 11.8. The zero-order valence-corrected chi connectivity index (χ0v) is 21.1. The number of hydrogen-bond donors (Lipinski definition) is 1. The van der Waals surface area contributed by atoms with Crippen LogP contribution in [-0.4, -0.2) is 62.8 Å². The van der Waals surface area contributed by atoms with Crippen molar-refractivity contribution in [1.82, 2.24) is 5.06 Å². The zero-order valence-electron chi connectivity index (χ0n) is 20.3. The summed E-state index contributed by atoms with van der Waals surface area (Å²) in [5.41, 5.74) is 1.71. The lowest BCUT2D eigenvalue weighted by Crippen LogP contribution is -2.39. The van der Waals surface area contributed by atoms with Crippen molar-refractivity contribution < 1.29 is 28.9 Å². The largest absolute Gasteiger partial charge is 0.491 e. The topological polar surface area (TPSA) is 77.5 Å². The molecule has 3 aromatic carbocycles. The minimum Gasteiger partial charge on any atom is -0.491 e. The Balaban J connectivity index is 1.61. The number of rotatable bonds is 13. The second kappa shape index (κ2) is 14.3. The van der Waals surface area contributed by atoms with Crippen LogP contribution < -0.4 is 9.57 Å². The number of hydroxylamine groups is 2. The molecule has 1 N–H and O–H groups in total. The molecule has 190 valence electrons. The van der Waals surface area contributed by atoms with Gasteiger partial charge in [-0.25, -0.2) is 4.79 Å². The second-order valence-corrected chi connectivity index (χ2v) is 8.26. The van der Waals surface area contributed by atoms with E-state index >= 15 is 0 Å². The number of ether oxygens (including phenoxy) is 3. The molecule has 1 atom stereocenters. The summed E-state index contributed by atoms with van der Waals surface area (Å²) in [6, 6.07) is 23.6. The van der Waals surface area contributed by atoms with E-state index in [2.05, 4.69) is 0 Å². The monoisotopic (exact) mass is 511 g/mol. The molecule has 0 aliphatic rings. The third-order valence-corrected chi connectivity index (χ3v) is 5.47. The lowest BCUT2D eigenvalue weighted by Gasteiger charge is -2.24. The Hall–Kier alpha value is -3.36. The fourth-order valence-electron chi connectivity index (χ4n) is 3.34. The van der Waals surface area contributed by atoms with Crippen molar-refractivity contribution in [3.05, 3.63) is 95.0 Å². The maximum atomic E-state index is 12.4. The molecule has 36 heavy (non-hydrogen) atoms. The third kappa shape index (κ3) is 8.39. The Labute approximate surface area is 216 Å². The first-order chi connectivity index (χ1) is 17.5. The number of halogens is 1. The molecule has 7 nitrogen and oxygen atoms in total. The molecule has 0 fully saturated rings. The highest BCUT2D eigenvalue weighted by atomic mass is 35.5. The number of esters is 1. The van der Waals surface area contributed by atoms with Gasteiger partial charge in [0, 0.05) is 17.7 Å². The van der Waals surface area contributed by atoms with E-state index < -0.39 is 12.1 Å². The summed E-state index contributed by atoms with van der Waals surface area (Å²) in [6.07, 6.45) is 0.914. The molecular weight excluding hydrogens is 482 g/mol. The molecule has 3 aromatic rings. The van der Waals surface area contributed by atoms with Crippen LogP contribution >= 0.6 is 11.6 Å². The molecule has 0 amide bonds. The molecule has 0 saturated carbocycles. The van der Waals surface area contributed by atoms with Crippen LogP contribution in [0.3, 0.4) is 0 Å². The van der Waals surface area contributed by atoms with Crippen LogP contribution in [0.4, 0.5) is 0 Å². The fraction of sp³-hybridized carbons (Fsp3) is 0.250. The second-order valence-electron chi connectivity index (χ2n) is 7.85. The summed E-state index contributed by atoms with van der Waals surface area (Å²) in [6.45, 7) is 1.25. The van der Waals surface area contributed by atoms with Crippen molar-refractivity contribution >= 4 is 29.2 Å². The van der Waals surface area contributed by atoms with Gasteiger partial charge in [-0.2, -0.15) is 0 Å². The smallest absolute Gasteiger partial charge is 0.338 e. The standard InChI is InChI=1S/C28H30ClNO6/c1-33-17-16-30(36-24-8-4-3-5-9-24)19-22(31)20-35-23-14-12-21(13-15-23)18-26(28(32)34-2)25-10-6-7-11-27(25)29/h3-15,18,22,31H,16-17,19-20H2,1-2H3/b26-18+. The Morgan fingerprint density at radius 3 is 2.33 bits per heavy atom. The number of carbonyl (C=O) groups excluding carboxylic acids is 1.